The van der Waals surface area contributed by atoms with Crippen LogP contribution < -0.4 is 10.9 Å². The highest BCUT2D eigenvalue weighted by Gasteiger charge is 2.20. The van der Waals surface area contributed by atoms with Gasteiger partial charge in [-0.05, 0) is 36.6 Å². The molecule has 0 spiro atoms. The van der Waals surface area contributed by atoms with Gasteiger partial charge in [0.1, 0.15) is 0 Å². The fraction of sp³-hybridized carbons (Fsp3) is 0.286. The molecule has 27 heavy (non-hydrogen) atoms. The molecule has 3 rings (SSSR count). The minimum absolute atomic E-state index is 0.127. The predicted molar refractivity (Wildman–Crippen MR) is 111 cm³/mol. The number of nitrogens with one attached hydrogen (secondary N) is 1. The zero-order valence-electron chi connectivity index (χ0n) is 15.4. The minimum Gasteiger partial charge on any atom is -0.344 e. The molecule has 6 heteroatoms. The van der Waals surface area contributed by atoms with Crippen molar-refractivity contribution in [3.63, 3.8) is 0 Å². The Labute approximate surface area is 166 Å². The maximum absolute atomic E-state index is 13.0. The van der Waals surface area contributed by atoms with E-state index in [0.717, 1.165) is 22.9 Å². The van der Waals surface area contributed by atoms with Crippen LogP contribution in [0, 0.1) is 0 Å². The molecule has 140 valence electrons. The van der Waals surface area contributed by atoms with Crippen molar-refractivity contribution < 1.29 is 4.79 Å². The van der Waals surface area contributed by atoms with Gasteiger partial charge in [0.25, 0.3) is 11.5 Å². The summed E-state index contributed by atoms with van der Waals surface area (Å²) in [5, 5.41) is 8.54. The molecule has 3 aromatic rings. The third-order valence-electron chi connectivity index (χ3n) is 4.50. The molecule has 0 saturated carbocycles. The van der Waals surface area contributed by atoms with Gasteiger partial charge in [0, 0.05) is 16.4 Å². The lowest BCUT2D eigenvalue weighted by atomic mass is 10.0. The Bertz CT molecular complexity index is 1010. The lowest BCUT2D eigenvalue weighted by molar-refractivity contribution is 0.0930. The van der Waals surface area contributed by atoms with Gasteiger partial charge in [-0.1, -0.05) is 60.1 Å². The van der Waals surface area contributed by atoms with Gasteiger partial charge in [-0.15, -0.1) is 0 Å². The van der Waals surface area contributed by atoms with E-state index in [0.29, 0.717) is 17.3 Å². The SMILES string of the molecule is CCCn1nc(C(=O)NC(CC)c2ccc(Br)cc2)c2ccccc2c1=O. The number of aromatic nitrogens is 2. The van der Waals surface area contributed by atoms with E-state index in [9.17, 15) is 9.59 Å². The molecule has 0 bridgehead atoms. The van der Waals surface area contributed by atoms with Crippen LogP contribution in [0.3, 0.4) is 0 Å². The zero-order valence-corrected chi connectivity index (χ0v) is 17.0. The van der Waals surface area contributed by atoms with E-state index in [-0.39, 0.29) is 23.2 Å². The Morgan fingerprint density at radius 3 is 2.41 bits per heavy atom. The monoisotopic (exact) mass is 427 g/mol. The number of aryl methyl sites for hydroxylation is 1. The maximum Gasteiger partial charge on any atom is 0.274 e. The van der Waals surface area contributed by atoms with Crippen LogP contribution in [-0.2, 0) is 6.54 Å². The van der Waals surface area contributed by atoms with Crippen molar-refractivity contribution in [2.75, 3.05) is 0 Å². The summed E-state index contributed by atoms with van der Waals surface area (Å²) in [4.78, 5) is 25.6. The van der Waals surface area contributed by atoms with Crippen LogP contribution in [0.5, 0.6) is 0 Å². The van der Waals surface area contributed by atoms with Crippen molar-refractivity contribution >= 4 is 32.6 Å². The quantitative estimate of drug-likeness (QED) is 0.631. The molecule has 1 atom stereocenters. The molecule has 0 aliphatic carbocycles. The second kappa shape index (κ2) is 8.48. The number of hydrogen-bond donors (Lipinski definition) is 1. The zero-order chi connectivity index (χ0) is 19.4. The first-order valence-electron chi connectivity index (χ1n) is 9.11. The number of amides is 1. The lowest BCUT2D eigenvalue weighted by Crippen LogP contribution is -2.32. The molecule has 0 aliphatic rings. The second-order valence-corrected chi connectivity index (χ2v) is 7.32. The van der Waals surface area contributed by atoms with E-state index >= 15 is 0 Å². The van der Waals surface area contributed by atoms with E-state index in [1.807, 2.05) is 44.2 Å². The first-order chi connectivity index (χ1) is 13.0. The molecular formula is C21H22BrN3O2. The molecule has 5 nitrogen and oxygen atoms in total. The fourth-order valence-electron chi connectivity index (χ4n) is 3.11. The van der Waals surface area contributed by atoms with E-state index in [1.165, 1.54) is 4.68 Å². The summed E-state index contributed by atoms with van der Waals surface area (Å²) in [5.41, 5.74) is 1.15. The fourth-order valence-corrected chi connectivity index (χ4v) is 3.37. The summed E-state index contributed by atoms with van der Waals surface area (Å²) in [6.07, 6.45) is 1.52. The summed E-state index contributed by atoms with van der Waals surface area (Å²) in [7, 11) is 0. The third-order valence-corrected chi connectivity index (χ3v) is 5.03. The number of rotatable bonds is 6. The normalized spacial score (nSPS) is 12.1. The number of nitrogens with zero attached hydrogens (tertiary/aromatic N) is 2. The summed E-state index contributed by atoms with van der Waals surface area (Å²) < 4.78 is 2.38. The van der Waals surface area contributed by atoms with Gasteiger partial charge in [0.2, 0.25) is 0 Å². The first kappa shape index (κ1) is 19.3. The highest BCUT2D eigenvalue weighted by Crippen LogP contribution is 2.21. The van der Waals surface area contributed by atoms with Gasteiger partial charge < -0.3 is 5.32 Å². The van der Waals surface area contributed by atoms with Crippen LogP contribution in [0.2, 0.25) is 0 Å². The van der Waals surface area contributed by atoms with Crippen molar-refractivity contribution in [2.24, 2.45) is 0 Å². The number of carbonyl (C=O) groups is 1. The molecule has 0 saturated heterocycles. The van der Waals surface area contributed by atoms with E-state index in [1.54, 1.807) is 18.2 Å². The summed E-state index contributed by atoms with van der Waals surface area (Å²) in [6.45, 7) is 4.48. The van der Waals surface area contributed by atoms with Crippen molar-refractivity contribution in [1.82, 2.24) is 15.1 Å². The first-order valence-corrected chi connectivity index (χ1v) is 9.90. The predicted octanol–water partition coefficient (Wildman–Crippen LogP) is 4.45. The average Bonchev–Trinajstić information content (AvgIpc) is 2.69. The molecule has 2 aromatic carbocycles. The molecule has 0 aliphatic heterocycles. The highest BCUT2D eigenvalue weighted by atomic mass is 79.9. The van der Waals surface area contributed by atoms with Crippen molar-refractivity contribution in [1.29, 1.82) is 0 Å². The number of hydrogen-bond acceptors (Lipinski definition) is 3. The number of halogens is 1. The molecule has 1 amide bonds. The summed E-state index contributed by atoms with van der Waals surface area (Å²) in [6, 6.07) is 14.9. The molecule has 0 radical (unpaired) electrons. The van der Waals surface area contributed by atoms with Crippen LogP contribution in [0.25, 0.3) is 10.8 Å². The summed E-state index contributed by atoms with van der Waals surface area (Å²) in [5.74, 6) is -0.272. The van der Waals surface area contributed by atoms with Crippen molar-refractivity contribution in [2.45, 2.75) is 39.3 Å². The van der Waals surface area contributed by atoms with Crippen LogP contribution in [0.15, 0.2) is 57.8 Å². The van der Waals surface area contributed by atoms with E-state index < -0.39 is 0 Å². The molecule has 1 heterocycles. The Hall–Kier alpha value is -2.47. The molecular weight excluding hydrogens is 406 g/mol. The Morgan fingerprint density at radius 1 is 1.11 bits per heavy atom. The Kier molecular flexibility index (Phi) is 6.06. The third kappa shape index (κ3) is 4.11. The van der Waals surface area contributed by atoms with Gasteiger partial charge in [-0.3, -0.25) is 9.59 Å². The van der Waals surface area contributed by atoms with E-state index in [4.69, 9.17) is 0 Å². The van der Waals surface area contributed by atoms with Gasteiger partial charge in [0.05, 0.1) is 11.4 Å². The minimum atomic E-state index is -0.272. The van der Waals surface area contributed by atoms with Crippen LogP contribution in [0.4, 0.5) is 0 Å². The number of carbonyl (C=O) groups excluding carboxylic acids is 1. The number of fused-ring (bicyclic) bond motifs is 1. The molecule has 1 N–H and O–H groups in total. The molecule has 1 unspecified atom stereocenters. The standard InChI is InChI=1S/C21H22BrN3O2/c1-3-13-25-21(27)17-8-6-5-7-16(17)19(24-25)20(26)23-18(4-2)14-9-11-15(22)12-10-14/h5-12,18H,3-4,13H2,1-2H3,(H,23,26). The molecule has 1 aromatic heterocycles. The lowest BCUT2D eigenvalue weighted by Gasteiger charge is -2.18. The maximum atomic E-state index is 13.0. The highest BCUT2D eigenvalue weighted by molar-refractivity contribution is 9.10. The number of benzene rings is 2. The van der Waals surface area contributed by atoms with Gasteiger partial charge >= 0.3 is 0 Å². The Morgan fingerprint density at radius 2 is 1.78 bits per heavy atom. The van der Waals surface area contributed by atoms with Crippen LogP contribution in [-0.4, -0.2) is 15.7 Å². The average molecular weight is 428 g/mol. The van der Waals surface area contributed by atoms with Crippen molar-refractivity contribution in [3.05, 3.63) is 74.6 Å². The topological polar surface area (TPSA) is 64.0 Å². The van der Waals surface area contributed by atoms with Gasteiger partial charge in [0.15, 0.2) is 5.69 Å². The van der Waals surface area contributed by atoms with Crippen LogP contribution in [0.1, 0.15) is 48.8 Å². The largest absolute Gasteiger partial charge is 0.344 e. The smallest absolute Gasteiger partial charge is 0.274 e. The van der Waals surface area contributed by atoms with Crippen LogP contribution >= 0.6 is 15.9 Å². The Balaban J connectivity index is 2.00. The van der Waals surface area contributed by atoms with Gasteiger partial charge in [-0.25, -0.2) is 4.68 Å². The van der Waals surface area contributed by atoms with Gasteiger partial charge in [-0.2, -0.15) is 5.10 Å². The van der Waals surface area contributed by atoms with Crippen molar-refractivity contribution in [3.8, 4) is 0 Å². The van der Waals surface area contributed by atoms with E-state index in [2.05, 4.69) is 26.3 Å². The second-order valence-electron chi connectivity index (χ2n) is 6.41. The molecule has 0 fully saturated rings. The summed E-state index contributed by atoms with van der Waals surface area (Å²) >= 11 is 3.43.